The van der Waals surface area contributed by atoms with Crippen LogP contribution in [0.15, 0.2) is 34.5 Å². The Morgan fingerprint density at radius 2 is 2.13 bits per heavy atom. The Hall–Kier alpha value is -1.08. The van der Waals surface area contributed by atoms with Crippen molar-refractivity contribution in [1.82, 2.24) is 5.32 Å². The lowest BCUT2D eigenvalue weighted by Gasteiger charge is -2.18. The topological polar surface area (TPSA) is 49.4 Å². The molecule has 1 aliphatic rings. The van der Waals surface area contributed by atoms with Gasteiger partial charge in [-0.15, -0.1) is 11.3 Å². The van der Waals surface area contributed by atoms with E-state index >= 15 is 0 Å². The van der Waals surface area contributed by atoms with Crippen molar-refractivity contribution in [3.05, 3.63) is 45.1 Å². The molecule has 1 atom stereocenters. The van der Waals surface area contributed by atoms with Crippen LogP contribution in [0.4, 0.5) is 5.69 Å². The molecule has 1 aliphatic heterocycles. The van der Waals surface area contributed by atoms with Crippen LogP contribution in [0.25, 0.3) is 0 Å². The molecule has 0 saturated carbocycles. The molecule has 23 heavy (non-hydrogen) atoms. The molecule has 0 spiro atoms. The van der Waals surface area contributed by atoms with Crippen LogP contribution >= 0.6 is 22.9 Å². The van der Waals surface area contributed by atoms with Gasteiger partial charge in [-0.2, -0.15) is 0 Å². The summed E-state index contributed by atoms with van der Waals surface area (Å²) < 4.78 is 27.3. The van der Waals surface area contributed by atoms with E-state index in [4.69, 9.17) is 11.6 Å². The zero-order valence-electron chi connectivity index (χ0n) is 13.0. The average molecular weight is 371 g/mol. The van der Waals surface area contributed by atoms with Crippen molar-refractivity contribution in [3.63, 3.8) is 0 Å². The van der Waals surface area contributed by atoms with Gasteiger partial charge in [0.15, 0.2) is 0 Å². The fourth-order valence-corrected chi connectivity index (χ4v) is 5.59. The van der Waals surface area contributed by atoms with Crippen molar-refractivity contribution >= 4 is 38.6 Å². The van der Waals surface area contributed by atoms with Crippen LogP contribution in [0.2, 0.25) is 5.02 Å². The molecule has 7 heteroatoms. The Morgan fingerprint density at radius 1 is 1.35 bits per heavy atom. The smallest absolute Gasteiger partial charge is 0.264 e. The summed E-state index contributed by atoms with van der Waals surface area (Å²) in [4.78, 5) is 1.30. The highest BCUT2D eigenvalue weighted by Crippen LogP contribution is 2.43. The number of benzene rings is 1. The van der Waals surface area contributed by atoms with Crippen molar-refractivity contribution in [2.75, 3.05) is 17.9 Å². The number of sulfonamides is 1. The summed E-state index contributed by atoms with van der Waals surface area (Å²) in [5.41, 5.74) is 1.50. The molecule has 2 aromatic rings. The Labute approximate surface area is 146 Å². The first kappa shape index (κ1) is 16.8. The van der Waals surface area contributed by atoms with Crippen LogP contribution in [0.1, 0.15) is 36.2 Å². The molecule has 0 aliphatic carbocycles. The second-order valence-corrected chi connectivity index (χ2v) is 8.89. The zero-order chi connectivity index (χ0) is 16.6. The minimum Gasteiger partial charge on any atom is -0.305 e. The minimum absolute atomic E-state index is 0.136. The predicted molar refractivity (Wildman–Crippen MR) is 96.1 cm³/mol. The third-order valence-corrected chi connectivity index (χ3v) is 7.11. The van der Waals surface area contributed by atoms with Crippen molar-refractivity contribution < 1.29 is 8.42 Å². The van der Waals surface area contributed by atoms with Gasteiger partial charge in [0, 0.05) is 12.1 Å². The van der Waals surface area contributed by atoms with E-state index in [-0.39, 0.29) is 10.9 Å². The number of nitrogens with one attached hydrogen (secondary N) is 1. The number of rotatable bonds is 4. The minimum atomic E-state index is -3.61. The van der Waals surface area contributed by atoms with Crippen LogP contribution in [0, 0.1) is 0 Å². The maximum atomic E-state index is 13.0. The van der Waals surface area contributed by atoms with Gasteiger partial charge >= 0.3 is 0 Å². The van der Waals surface area contributed by atoms with E-state index in [1.165, 1.54) is 4.31 Å². The van der Waals surface area contributed by atoms with Crippen LogP contribution in [-0.4, -0.2) is 22.0 Å². The summed E-state index contributed by atoms with van der Waals surface area (Å²) in [5.74, 6) is 0. The van der Waals surface area contributed by atoms with Crippen LogP contribution in [0.5, 0.6) is 0 Å². The van der Waals surface area contributed by atoms with Gasteiger partial charge in [0.25, 0.3) is 10.0 Å². The number of fused-ring (bicyclic) bond motifs is 2. The molecule has 0 fully saturated rings. The van der Waals surface area contributed by atoms with E-state index in [2.05, 4.69) is 12.2 Å². The Kier molecular flexibility index (Phi) is 4.69. The molecule has 124 valence electrons. The molecule has 3 rings (SSSR count). The first-order valence-electron chi connectivity index (χ1n) is 7.56. The molecule has 1 aromatic heterocycles. The van der Waals surface area contributed by atoms with Gasteiger partial charge in [-0.3, -0.25) is 4.31 Å². The second kappa shape index (κ2) is 6.43. The normalized spacial score (nSPS) is 19.1. The second-order valence-electron chi connectivity index (χ2n) is 5.57. The maximum absolute atomic E-state index is 13.0. The summed E-state index contributed by atoms with van der Waals surface area (Å²) in [6.45, 7) is 2.97. The monoisotopic (exact) mass is 370 g/mol. The van der Waals surface area contributed by atoms with E-state index in [1.807, 2.05) is 17.5 Å². The average Bonchev–Trinajstić information content (AvgIpc) is 2.98. The highest BCUT2D eigenvalue weighted by atomic mass is 35.5. The highest BCUT2D eigenvalue weighted by molar-refractivity contribution is 7.92. The van der Waals surface area contributed by atoms with Gasteiger partial charge in [-0.05, 0) is 42.1 Å². The highest BCUT2D eigenvalue weighted by Gasteiger charge is 2.35. The Morgan fingerprint density at radius 3 is 2.87 bits per heavy atom. The summed E-state index contributed by atoms with van der Waals surface area (Å²) >= 11 is 7.64. The van der Waals surface area contributed by atoms with Crippen molar-refractivity contribution in [2.24, 2.45) is 0 Å². The van der Waals surface area contributed by atoms with Gasteiger partial charge < -0.3 is 5.32 Å². The lowest BCUT2D eigenvalue weighted by atomic mass is 10.0. The van der Waals surface area contributed by atoms with E-state index in [0.29, 0.717) is 5.02 Å². The molecule has 1 aromatic carbocycles. The molecule has 1 unspecified atom stereocenters. The SMILES string of the molecule is CCCCNC1c2ccc(Cl)cc2S(=O)(=O)N(C)c2ccsc21. The van der Waals surface area contributed by atoms with Gasteiger partial charge in [0.05, 0.1) is 21.5 Å². The van der Waals surface area contributed by atoms with Gasteiger partial charge in [-0.1, -0.05) is 31.0 Å². The molecule has 1 N–H and O–H groups in total. The number of nitrogens with zero attached hydrogens (tertiary/aromatic N) is 1. The summed E-state index contributed by atoms with van der Waals surface area (Å²) in [5, 5.41) is 5.88. The van der Waals surface area contributed by atoms with Crippen LogP contribution < -0.4 is 9.62 Å². The fraction of sp³-hybridized carbons (Fsp3) is 0.375. The van der Waals surface area contributed by atoms with E-state index < -0.39 is 10.0 Å². The summed E-state index contributed by atoms with van der Waals surface area (Å²) in [7, 11) is -2.01. The number of hydrogen-bond donors (Lipinski definition) is 1. The number of thiophene rings is 1. The van der Waals surface area contributed by atoms with Gasteiger partial charge in [-0.25, -0.2) is 8.42 Å². The molecular formula is C16H19ClN2O2S2. The molecule has 0 amide bonds. The number of unbranched alkanes of at least 4 members (excludes halogenated alkanes) is 1. The molecular weight excluding hydrogens is 352 g/mol. The number of hydrogen-bond acceptors (Lipinski definition) is 4. The third kappa shape index (κ3) is 2.89. The molecule has 4 nitrogen and oxygen atoms in total. The van der Waals surface area contributed by atoms with Crippen molar-refractivity contribution in [3.8, 4) is 0 Å². The predicted octanol–water partition coefficient (Wildman–Crippen LogP) is 4.02. The van der Waals surface area contributed by atoms with E-state index in [9.17, 15) is 8.42 Å². The zero-order valence-corrected chi connectivity index (χ0v) is 15.4. The Balaban J connectivity index is 2.20. The summed E-state index contributed by atoms with van der Waals surface area (Å²) in [6.07, 6.45) is 2.13. The molecule has 0 saturated heterocycles. The molecule has 0 radical (unpaired) electrons. The summed E-state index contributed by atoms with van der Waals surface area (Å²) in [6, 6.07) is 6.85. The van der Waals surface area contributed by atoms with Crippen molar-refractivity contribution in [1.29, 1.82) is 0 Å². The third-order valence-electron chi connectivity index (χ3n) is 4.08. The first-order chi connectivity index (χ1) is 11.0. The Bertz CT molecular complexity index is 817. The largest absolute Gasteiger partial charge is 0.305 e. The molecule has 0 bridgehead atoms. The standard InChI is InChI=1S/C16H19ClN2O2S2/c1-3-4-8-18-15-12-6-5-11(17)10-14(12)23(20,21)19(2)13-7-9-22-16(13)15/h5-7,9-10,15,18H,3-4,8H2,1-2H3. The van der Waals surface area contributed by atoms with Gasteiger partial charge in [0.1, 0.15) is 0 Å². The van der Waals surface area contributed by atoms with E-state index in [1.54, 1.807) is 30.5 Å². The van der Waals surface area contributed by atoms with Crippen LogP contribution in [0.3, 0.4) is 0 Å². The lowest BCUT2D eigenvalue weighted by Crippen LogP contribution is -2.26. The lowest BCUT2D eigenvalue weighted by molar-refractivity contribution is 0.574. The van der Waals surface area contributed by atoms with Gasteiger partial charge in [0.2, 0.25) is 0 Å². The van der Waals surface area contributed by atoms with E-state index in [0.717, 1.165) is 35.5 Å². The van der Waals surface area contributed by atoms with Crippen LogP contribution in [-0.2, 0) is 10.0 Å². The molecule has 2 heterocycles. The first-order valence-corrected chi connectivity index (χ1v) is 10.3. The maximum Gasteiger partial charge on any atom is 0.264 e. The number of halogens is 1. The number of anilines is 1. The quantitative estimate of drug-likeness (QED) is 0.827. The van der Waals surface area contributed by atoms with Crippen molar-refractivity contribution in [2.45, 2.75) is 30.7 Å². The fourth-order valence-electron chi connectivity index (χ4n) is 2.80.